The van der Waals surface area contributed by atoms with Crippen LogP contribution in [0.4, 0.5) is 5.69 Å². The number of nitrogens with one attached hydrogen (secondary N) is 1. The van der Waals surface area contributed by atoms with Crippen LogP contribution in [0.25, 0.3) is 0 Å². The van der Waals surface area contributed by atoms with Gasteiger partial charge in [0.1, 0.15) is 12.7 Å². The third-order valence-corrected chi connectivity index (χ3v) is 2.74. The molecule has 2 rings (SSSR count). The van der Waals surface area contributed by atoms with E-state index in [1.54, 1.807) is 25.2 Å². The second kappa shape index (κ2) is 6.86. The molecule has 0 saturated heterocycles. The third-order valence-electron chi connectivity index (χ3n) is 2.74. The van der Waals surface area contributed by atoms with Crippen LogP contribution < -0.4 is 5.32 Å². The minimum atomic E-state index is -0.251. The molecular formula is C13H18N4O2. The van der Waals surface area contributed by atoms with Crippen molar-refractivity contribution in [1.82, 2.24) is 14.8 Å². The molecular weight excluding hydrogens is 244 g/mol. The van der Waals surface area contributed by atoms with Crippen molar-refractivity contribution in [3.05, 3.63) is 42.5 Å². The summed E-state index contributed by atoms with van der Waals surface area (Å²) in [7, 11) is 3.24. The van der Waals surface area contributed by atoms with E-state index in [1.165, 1.54) is 6.33 Å². The van der Waals surface area contributed by atoms with Crippen molar-refractivity contribution in [2.24, 2.45) is 0 Å². The summed E-state index contributed by atoms with van der Waals surface area (Å²) in [4.78, 5) is 3.93. The molecule has 1 aromatic carbocycles. The molecule has 2 aromatic rings. The summed E-state index contributed by atoms with van der Waals surface area (Å²) in [5.41, 5.74) is 2.18. The Kier molecular flexibility index (Phi) is 4.88. The molecule has 0 unspecified atom stereocenters. The van der Waals surface area contributed by atoms with Gasteiger partial charge in [-0.05, 0) is 17.7 Å². The van der Waals surface area contributed by atoms with Crippen molar-refractivity contribution < 1.29 is 9.47 Å². The van der Waals surface area contributed by atoms with E-state index in [0.29, 0.717) is 13.1 Å². The van der Waals surface area contributed by atoms with Crippen molar-refractivity contribution in [3.8, 4) is 0 Å². The Morgan fingerprint density at radius 2 is 2.16 bits per heavy atom. The fraction of sp³-hybridized carbons (Fsp3) is 0.385. The topological polar surface area (TPSA) is 61.2 Å². The highest BCUT2D eigenvalue weighted by Gasteiger charge is 2.04. The summed E-state index contributed by atoms with van der Waals surface area (Å²) in [5.74, 6) is 0. The van der Waals surface area contributed by atoms with Crippen LogP contribution in [0.3, 0.4) is 0 Å². The van der Waals surface area contributed by atoms with Gasteiger partial charge in [-0.25, -0.2) is 9.67 Å². The number of ether oxygens (including phenoxy) is 2. The summed E-state index contributed by atoms with van der Waals surface area (Å²) in [6.45, 7) is 1.30. The molecule has 0 aliphatic heterocycles. The van der Waals surface area contributed by atoms with Gasteiger partial charge in [-0.2, -0.15) is 5.10 Å². The zero-order valence-corrected chi connectivity index (χ0v) is 11.1. The van der Waals surface area contributed by atoms with Crippen molar-refractivity contribution in [3.63, 3.8) is 0 Å². The molecule has 1 heterocycles. The van der Waals surface area contributed by atoms with Crippen LogP contribution in [0.1, 0.15) is 5.56 Å². The van der Waals surface area contributed by atoms with Crippen molar-refractivity contribution in [2.75, 3.05) is 26.1 Å². The first-order valence-electron chi connectivity index (χ1n) is 6.02. The molecule has 0 saturated carbocycles. The molecule has 6 nitrogen and oxygen atoms in total. The number of rotatable bonds is 7. The van der Waals surface area contributed by atoms with Crippen molar-refractivity contribution in [1.29, 1.82) is 0 Å². The molecule has 19 heavy (non-hydrogen) atoms. The average molecular weight is 262 g/mol. The molecule has 0 aliphatic rings. The number of methoxy groups -OCH3 is 2. The highest BCUT2D eigenvalue weighted by Crippen LogP contribution is 2.11. The second-order valence-corrected chi connectivity index (χ2v) is 4.08. The fourth-order valence-electron chi connectivity index (χ4n) is 1.75. The van der Waals surface area contributed by atoms with Gasteiger partial charge in [0.15, 0.2) is 6.29 Å². The molecule has 1 N–H and O–H groups in total. The lowest BCUT2D eigenvalue weighted by Crippen LogP contribution is -2.23. The van der Waals surface area contributed by atoms with Crippen molar-refractivity contribution >= 4 is 5.69 Å². The molecule has 0 aliphatic carbocycles. The first kappa shape index (κ1) is 13.5. The minimum absolute atomic E-state index is 0.251. The summed E-state index contributed by atoms with van der Waals surface area (Å²) in [5, 5.41) is 7.36. The SMILES string of the molecule is COC(CNc1cccc(Cn2cncn2)c1)OC. The zero-order valence-electron chi connectivity index (χ0n) is 11.1. The largest absolute Gasteiger partial charge is 0.380 e. The maximum atomic E-state index is 5.13. The Balaban J connectivity index is 1.95. The van der Waals surface area contributed by atoms with Gasteiger partial charge in [-0.3, -0.25) is 0 Å². The highest BCUT2D eigenvalue weighted by atomic mass is 16.7. The Bertz CT molecular complexity index is 483. The van der Waals surface area contributed by atoms with E-state index in [9.17, 15) is 0 Å². The Morgan fingerprint density at radius 3 is 2.84 bits per heavy atom. The summed E-state index contributed by atoms with van der Waals surface area (Å²) in [6, 6.07) is 8.14. The van der Waals surface area contributed by atoms with E-state index in [0.717, 1.165) is 11.3 Å². The van der Waals surface area contributed by atoms with Crippen LogP contribution in [0.15, 0.2) is 36.9 Å². The smallest absolute Gasteiger partial charge is 0.173 e. The first-order valence-corrected chi connectivity index (χ1v) is 6.02. The Morgan fingerprint density at radius 1 is 1.32 bits per heavy atom. The predicted octanol–water partition coefficient (Wildman–Crippen LogP) is 1.36. The maximum Gasteiger partial charge on any atom is 0.173 e. The van der Waals surface area contributed by atoms with Gasteiger partial charge in [-0.1, -0.05) is 12.1 Å². The van der Waals surface area contributed by atoms with Crippen molar-refractivity contribution in [2.45, 2.75) is 12.8 Å². The van der Waals surface area contributed by atoms with Crippen LogP contribution in [-0.4, -0.2) is 41.8 Å². The Labute approximate surface area is 112 Å². The van der Waals surface area contributed by atoms with E-state index in [2.05, 4.69) is 27.5 Å². The zero-order chi connectivity index (χ0) is 13.5. The molecule has 0 bridgehead atoms. The van der Waals surface area contributed by atoms with E-state index >= 15 is 0 Å². The highest BCUT2D eigenvalue weighted by molar-refractivity contribution is 5.45. The molecule has 1 aromatic heterocycles. The van der Waals surface area contributed by atoms with Gasteiger partial charge >= 0.3 is 0 Å². The molecule has 0 fully saturated rings. The first-order chi connectivity index (χ1) is 9.31. The average Bonchev–Trinajstić information content (AvgIpc) is 2.93. The van der Waals surface area contributed by atoms with Crippen LogP contribution in [-0.2, 0) is 16.0 Å². The second-order valence-electron chi connectivity index (χ2n) is 4.08. The number of benzene rings is 1. The van der Waals surface area contributed by atoms with E-state index in [1.807, 2.05) is 12.1 Å². The maximum absolute atomic E-state index is 5.13. The summed E-state index contributed by atoms with van der Waals surface area (Å²) >= 11 is 0. The number of hydrogen-bond acceptors (Lipinski definition) is 5. The van der Waals surface area contributed by atoms with Gasteiger partial charge in [0.25, 0.3) is 0 Å². The molecule has 0 amide bonds. The number of aromatic nitrogens is 3. The lowest BCUT2D eigenvalue weighted by atomic mass is 10.2. The lowest BCUT2D eigenvalue weighted by molar-refractivity contribution is -0.0914. The molecule has 0 radical (unpaired) electrons. The molecule has 102 valence electrons. The lowest BCUT2D eigenvalue weighted by Gasteiger charge is -2.15. The molecule has 6 heteroatoms. The van der Waals surface area contributed by atoms with E-state index in [4.69, 9.17) is 9.47 Å². The number of hydrogen-bond donors (Lipinski definition) is 1. The number of anilines is 1. The third kappa shape index (κ3) is 4.04. The van der Waals surface area contributed by atoms with Crippen LogP contribution >= 0.6 is 0 Å². The summed E-state index contributed by atoms with van der Waals surface area (Å²) < 4.78 is 12.0. The van der Waals surface area contributed by atoms with Gasteiger partial charge in [0.2, 0.25) is 0 Å². The van der Waals surface area contributed by atoms with Crippen LogP contribution in [0.5, 0.6) is 0 Å². The van der Waals surface area contributed by atoms with Gasteiger partial charge in [-0.15, -0.1) is 0 Å². The van der Waals surface area contributed by atoms with Gasteiger partial charge in [0.05, 0.1) is 13.1 Å². The fourth-order valence-corrected chi connectivity index (χ4v) is 1.75. The predicted molar refractivity (Wildman–Crippen MR) is 71.9 cm³/mol. The van der Waals surface area contributed by atoms with E-state index in [-0.39, 0.29) is 6.29 Å². The van der Waals surface area contributed by atoms with E-state index < -0.39 is 0 Å². The molecule has 0 atom stereocenters. The van der Waals surface area contributed by atoms with Crippen LogP contribution in [0.2, 0.25) is 0 Å². The monoisotopic (exact) mass is 262 g/mol. The van der Waals surface area contributed by atoms with Crippen LogP contribution in [0, 0.1) is 0 Å². The standard InChI is InChI=1S/C13H18N4O2/c1-18-13(19-2)7-15-12-5-3-4-11(6-12)8-17-10-14-9-16-17/h3-6,9-10,13,15H,7-8H2,1-2H3. The summed E-state index contributed by atoms with van der Waals surface area (Å²) in [6.07, 6.45) is 2.98. The molecule has 0 spiro atoms. The number of nitrogens with zero attached hydrogens (tertiary/aromatic N) is 3. The minimum Gasteiger partial charge on any atom is -0.380 e. The Hall–Kier alpha value is -1.92. The normalized spacial score (nSPS) is 10.9. The van der Waals surface area contributed by atoms with Gasteiger partial charge < -0.3 is 14.8 Å². The van der Waals surface area contributed by atoms with Gasteiger partial charge in [0, 0.05) is 19.9 Å². The quantitative estimate of drug-likeness (QED) is 0.763.